The number of rotatable bonds is 7. The highest BCUT2D eigenvalue weighted by molar-refractivity contribution is 5.34. The summed E-state index contributed by atoms with van der Waals surface area (Å²) in [6, 6.07) is 1.90. The Hall–Kier alpha value is -2.15. The Kier molecular flexibility index (Phi) is 4.68. The lowest BCUT2D eigenvalue weighted by Gasteiger charge is -2.11. The van der Waals surface area contributed by atoms with Gasteiger partial charge in [0.1, 0.15) is 6.33 Å². The molecule has 0 unspecified atom stereocenters. The van der Waals surface area contributed by atoms with Crippen LogP contribution in [0.15, 0.2) is 24.8 Å². The molecule has 2 heterocycles. The summed E-state index contributed by atoms with van der Waals surface area (Å²) in [5.74, 6) is 1.05. The Labute approximate surface area is 111 Å². The fourth-order valence-corrected chi connectivity index (χ4v) is 1.72. The lowest BCUT2D eigenvalue weighted by molar-refractivity contribution is 0.359. The van der Waals surface area contributed by atoms with E-state index >= 15 is 0 Å². The molecule has 0 spiro atoms. The zero-order valence-corrected chi connectivity index (χ0v) is 11.0. The highest BCUT2D eigenvalue weighted by Crippen LogP contribution is 2.22. The Morgan fingerprint density at radius 1 is 1.21 bits per heavy atom. The molecule has 0 aliphatic rings. The summed E-state index contributed by atoms with van der Waals surface area (Å²) in [5.41, 5.74) is 0.813. The van der Waals surface area contributed by atoms with Crippen molar-refractivity contribution in [3.63, 3.8) is 0 Å². The first-order valence-electron chi connectivity index (χ1n) is 5.95. The molecule has 2 aromatic heterocycles. The molecule has 19 heavy (non-hydrogen) atoms. The smallest absolute Gasteiger partial charge is 0.224 e. The van der Waals surface area contributed by atoms with Crippen molar-refractivity contribution in [3.05, 3.63) is 30.4 Å². The lowest BCUT2D eigenvalue weighted by Crippen LogP contribution is -2.21. The van der Waals surface area contributed by atoms with Gasteiger partial charge < -0.3 is 14.8 Å². The maximum absolute atomic E-state index is 5.20. The van der Waals surface area contributed by atoms with Crippen molar-refractivity contribution in [3.8, 4) is 11.8 Å². The second-order valence-corrected chi connectivity index (χ2v) is 3.82. The second kappa shape index (κ2) is 6.69. The first kappa shape index (κ1) is 13.3. The minimum atomic E-state index is 0.526. The summed E-state index contributed by atoms with van der Waals surface area (Å²) in [5, 5.41) is 7.42. The number of methoxy groups -OCH3 is 2. The van der Waals surface area contributed by atoms with Gasteiger partial charge >= 0.3 is 0 Å². The topological polar surface area (TPSA) is 74.1 Å². The number of nitrogens with one attached hydrogen (secondary N) is 1. The van der Waals surface area contributed by atoms with Crippen LogP contribution in [0.25, 0.3) is 0 Å². The summed E-state index contributed by atoms with van der Waals surface area (Å²) in [7, 11) is 3.16. The summed E-state index contributed by atoms with van der Waals surface area (Å²) >= 11 is 0. The van der Waals surface area contributed by atoms with E-state index in [1.165, 1.54) is 6.33 Å². The van der Waals surface area contributed by atoms with Gasteiger partial charge in [-0.3, -0.25) is 4.68 Å². The molecule has 0 aliphatic heterocycles. The van der Waals surface area contributed by atoms with Crippen LogP contribution in [0.5, 0.6) is 11.8 Å². The Balaban J connectivity index is 1.91. The minimum Gasteiger partial charge on any atom is -0.481 e. The van der Waals surface area contributed by atoms with Crippen molar-refractivity contribution >= 4 is 0 Å². The zero-order chi connectivity index (χ0) is 13.5. The molecule has 0 saturated heterocycles. The van der Waals surface area contributed by atoms with Crippen LogP contribution < -0.4 is 14.8 Å². The van der Waals surface area contributed by atoms with Crippen LogP contribution in [-0.4, -0.2) is 40.5 Å². The van der Waals surface area contributed by atoms with Crippen molar-refractivity contribution in [2.75, 3.05) is 20.8 Å². The van der Waals surface area contributed by atoms with E-state index in [1.807, 2.05) is 16.9 Å². The predicted octanol–water partition coefficient (Wildman–Crippen LogP) is 0.480. The summed E-state index contributed by atoms with van der Waals surface area (Å²) in [6.45, 7) is 2.16. The van der Waals surface area contributed by atoms with Crippen LogP contribution in [0, 0.1) is 0 Å². The van der Waals surface area contributed by atoms with Crippen LogP contribution in [0.4, 0.5) is 0 Å². The number of aromatic nitrogens is 4. The summed E-state index contributed by atoms with van der Waals surface area (Å²) < 4.78 is 12.3. The average Bonchev–Trinajstić information content (AvgIpc) is 2.96. The molecule has 7 heteroatoms. The van der Waals surface area contributed by atoms with Crippen molar-refractivity contribution in [2.24, 2.45) is 0 Å². The fraction of sp³-hybridized carbons (Fsp3) is 0.417. The first-order valence-corrected chi connectivity index (χ1v) is 5.95. The van der Waals surface area contributed by atoms with Gasteiger partial charge in [0.15, 0.2) is 0 Å². The van der Waals surface area contributed by atoms with Gasteiger partial charge in [-0.15, -0.1) is 0 Å². The van der Waals surface area contributed by atoms with E-state index in [-0.39, 0.29) is 0 Å². The van der Waals surface area contributed by atoms with Gasteiger partial charge in [-0.05, 0) is 6.07 Å². The highest BCUT2D eigenvalue weighted by atomic mass is 16.5. The fourth-order valence-electron chi connectivity index (χ4n) is 1.72. The quantitative estimate of drug-likeness (QED) is 0.732. The SMILES string of the molecule is COc1ncnc(OC)c1CNCCn1cccn1. The van der Waals surface area contributed by atoms with Gasteiger partial charge in [-0.2, -0.15) is 5.10 Å². The van der Waals surface area contributed by atoms with E-state index in [1.54, 1.807) is 20.4 Å². The van der Waals surface area contributed by atoms with E-state index < -0.39 is 0 Å². The van der Waals surface area contributed by atoms with Crippen LogP contribution in [-0.2, 0) is 13.1 Å². The maximum Gasteiger partial charge on any atom is 0.224 e. The average molecular weight is 263 g/mol. The predicted molar refractivity (Wildman–Crippen MR) is 69.1 cm³/mol. The third-order valence-corrected chi connectivity index (χ3v) is 2.63. The third-order valence-electron chi connectivity index (χ3n) is 2.63. The van der Waals surface area contributed by atoms with Crippen molar-refractivity contribution < 1.29 is 9.47 Å². The van der Waals surface area contributed by atoms with E-state index in [2.05, 4.69) is 20.4 Å². The van der Waals surface area contributed by atoms with Gasteiger partial charge in [-0.25, -0.2) is 9.97 Å². The number of hydrogen-bond acceptors (Lipinski definition) is 6. The van der Waals surface area contributed by atoms with E-state index in [0.717, 1.165) is 18.7 Å². The van der Waals surface area contributed by atoms with Crippen molar-refractivity contribution in [1.29, 1.82) is 0 Å². The molecule has 0 fully saturated rings. The summed E-state index contributed by atoms with van der Waals surface area (Å²) in [6.07, 6.45) is 5.11. The third kappa shape index (κ3) is 3.41. The lowest BCUT2D eigenvalue weighted by atomic mass is 10.3. The molecule has 2 aromatic rings. The molecule has 0 radical (unpaired) electrons. The van der Waals surface area contributed by atoms with E-state index in [0.29, 0.717) is 18.3 Å². The molecule has 7 nitrogen and oxygen atoms in total. The largest absolute Gasteiger partial charge is 0.481 e. The first-order chi connectivity index (χ1) is 9.35. The van der Waals surface area contributed by atoms with Crippen LogP contribution in [0.2, 0.25) is 0 Å². The molecule has 0 amide bonds. The Bertz CT molecular complexity index is 479. The van der Waals surface area contributed by atoms with Gasteiger partial charge in [-0.1, -0.05) is 0 Å². The van der Waals surface area contributed by atoms with Crippen molar-refractivity contribution in [2.45, 2.75) is 13.1 Å². The normalized spacial score (nSPS) is 10.4. The van der Waals surface area contributed by atoms with Gasteiger partial charge in [0.25, 0.3) is 0 Å². The monoisotopic (exact) mass is 263 g/mol. The van der Waals surface area contributed by atoms with Gasteiger partial charge in [0.2, 0.25) is 11.8 Å². The number of nitrogens with zero attached hydrogens (tertiary/aromatic N) is 4. The van der Waals surface area contributed by atoms with Crippen LogP contribution in [0.3, 0.4) is 0 Å². The number of ether oxygens (including phenoxy) is 2. The molecule has 0 aliphatic carbocycles. The molecule has 102 valence electrons. The van der Waals surface area contributed by atoms with E-state index in [4.69, 9.17) is 9.47 Å². The van der Waals surface area contributed by atoms with E-state index in [9.17, 15) is 0 Å². The Morgan fingerprint density at radius 3 is 2.53 bits per heavy atom. The zero-order valence-electron chi connectivity index (χ0n) is 11.0. The molecule has 0 bridgehead atoms. The van der Waals surface area contributed by atoms with Gasteiger partial charge in [0.05, 0.1) is 26.3 Å². The molecule has 0 atom stereocenters. The highest BCUT2D eigenvalue weighted by Gasteiger charge is 2.11. The number of hydrogen-bond donors (Lipinski definition) is 1. The molecular weight excluding hydrogens is 246 g/mol. The molecule has 2 rings (SSSR count). The minimum absolute atomic E-state index is 0.526. The standard InChI is InChI=1S/C12H17N5O2/c1-18-11-10(12(19-2)15-9-14-11)8-13-5-7-17-6-3-4-16-17/h3-4,6,9,13H,5,7-8H2,1-2H3. The molecule has 0 saturated carbocycles. The van der Waals surface area contributed by atoms with Crippen LogP contribution >= 0.6 is 0 Å². The molecular formula is C12H17N5O2. The van der Waals surface area contributed by atoms with Crippen LogP contribution in [0.1, 0.15) is 5.56 Å². The molecule has 0 aromatic carbocycles. The second-order valence-electron chi connectivity index (χ2n) is 3.82. The van der Waals surface area contributed by atoms with Crippen molar-refractivity contribution in [1.82, 2.24) is 25.1 Å². The molecule has 1 N–H and O–H groups in total. The summed E-state index contributed by atoms with van der Waals surface area (Å²) in [4.78, 5) is 8.13. The Morgan fingerprint density at radius 2 is 1.95 bits per heavy atom. The maximum atomic E-state index is 5.20. The van der Waals surface area contributed by atoms with Gasteiger partial charge in [0, 0.05) is 25.5 Å².